The molecule has 0 radical (unpaired) electrons. The molecule has 1 aliphatic heterocycles. The predicted octanol–water partition coefficient (Wildman–Crippen LogP) is 2.87. The molecule has 4 N–H and O–H groups in total. The van der Waals surface area contributed by atoms with E-state index in [0.717, 1.165) is 16.3 Å². The van der Waals surface area contributed by atoms with E-state index in [1.807, 2.05) is 80.6 Å². The van der Waals surface area contributed by atoms with E-state index in [0.29, 0.717) is 17.7 Å². The van der Waals surface area contributed by atoms with Crippen molar-refractivity contribution in [3.05, 3.63) is 83.9 Å². The van der Waals surface area contributed by atoms with Gasteiger partial charge in [0.15, 0.2) is 0 Å². The van der Waals surface area contributed by atoms with Gasteiger partial charge in [0.2, 0.25) is 5.60 Å². The van der Waals surface area contributed by atoms with Crippen molar-refractivity contribution < 1.29 is 24.5 Å². The molecule has 37 heavy (non-hydrogen) atoms. The highest BCUT2D eigenvalue weighted by Crippen LogP contribution is 2.29. The summed E-state index contributed by atoms with van der Waals surface area (Å²) in [7, 11) is -1.71. The second-order valence-corrected chi connectivity index (χ2v) is 9.91. The zero-order valence-corrected chi connectivity index (χ0v) is 21.1. The van der Waals surface area contributed by atoms with Crippen molar-refractivity contribution >= 4 is 35.4 Å². The minimum atomic E-state index is -1.71. The number of nitrogens with one attached hydrogen (secondary N) is 2. The van der Waals surface area contributed by atoms with Gasteiger partial charge in [0.05, 0.1) is 18.2 Å². The van der Waals surface area contributed by atoms with E-state index in [9.17, 15) is 19.6 Å². The molecular formula is C28H32BN3O5. The summed E-state index contributed by atoms with van der Waals surface area (Å²) in [5.41, 5.74) is 0.577. The Morgan fingerprint density at radius 2 is 1.73 bits per heavy atom. The number of benzene rings is 3. The first kappa shape index (κ1) is 26.4. The molecule has 1 aliphatic rings. The molecule has 2 atom stereocenters. The van der Waals surface area contributed by atoms with Crippen LogP contribution in [0.5, 0.6) is 0 Å². The number of amides is 2. The lowest BCUT2D eigenvalue weighted by Gasteiger charge is -2.29. The maximum Gasteiger partial charge on any atom is 0.475 e. The SMILES string of the molecule is CC(C)CC(NC(=O)C1(Cc2ccccc2)CC(CNC(=O)c2cccc3ccccc23)=NO1)B(O)O. The predicted molar refractivity (Wildman–Crippen MR) is 144 cm³/mol. The first-order valence-corrected chi connectivity index (χ1v) is 12.5. The van der Waals surface area contributed by atoms with Crippen molar-refractivity contribution in [2.45, 2.75) is 44.7 Å². The molecule has 0 fully saturated rings. The number of nitrogens with zero attached hydrogens (tertiary/aromatic N) is 1. The number of carbonyl (C=O) groups is 2. The summed E-state index contributed by atoms with van der Waals surface area (Å²) in [6.45, 7) is 3.99. The number of hydrogen-bond acceptors (Lipinski definition) is 6. The third-order valence-corrected chi connectivity index (χ3v) is 6.47. The van der Waals surface area contributed by atoms with Crippen molar-refractivity contribution in [3.63, 3.8) is 0 Å². The van der Waals surface area contributed by atoms with Crippen LogP contribution in [0.15, 0.2) is 78.0 Å². The van der Waals surface area contributed by atoms with Crippen LogP contribution in [-0.4, -0.2) is 52.8 Å². The molecule has 0 spiro atoms. The maximum atomic E-state index is 13.5. The third-order valence-electron chi connectivity index (χ3n) is 6.47. The van der Waals surface area contributed by atoms with Gasteiger partial charge in [-0.1, -0.05) is 85.7 Å². The van der Waals surface area contributed by atoms with Crippen LogP contribution in [-0.2, 0) is 16.1 Å². The van der Waals surface area contributed by atoms with Crippen molar-refractivity contribution in [2.24, 2.45) is 11.1 Å². The summed E-state index contributed by atoms with van der Waals surface area (Å²) >= 11 is 0. The van der Waals surface area contributed by atoms with E-state index in [-0.39, 0.29) is 31.2 Å². The van der Waals surface area contributed by atoms with Crippen LogP contribution in [0.3, 0.4) is 0 Å². The van der Waals surface area contributed by atoms with Gasteiger partial charge >= 0.3 is 7.12 Å². The fourth-order valence-corrected chi connectivity index (χ4v) is 4.63. The Labute approximate surface area is 216 Å². The van der Waals surface area contributed by atoms with Gasteiger partial charge in [-0.3, -0.25) is 9.59 Å². The molecule has 0 bridgehead atoms. The molecule has 0 aliphatic carbocycles. The van der Waals surface area contributed by atoms with Gasteiger partial charge in [-0.15, -0.1) is 0 Å². The fourth-order valence-electron chi connectivity index (χ4n) is 4.63. The highest BCUT2D eigenvalue weighted by molar-refractivity contribution is 6.43. The molecule has 2 amide bonds. The standard InChI is InChI=1S/C28H32BN3O5/c1-19(2)15-25(29(35)36)31-27(34)28(16-20-9-4-3-5-10-20)17-22(32-37-28)18-30-26(33)24-14-8-12-21-11-6-7-13-23(21)24/h3-14,19,25,35-36H,15-18H2,1-2H3,(H,30,33)(H,31,34). The van der Waals surface area contributed by atoms with Crippen LogP contribution in [0.25, 0.3) is 10.8 Å². The van der Waals surface area contributed by atoms with Gasteiger partial charge in [0.25, 0.3) is 11.8 Å². The quantitative estimate of drug-likeness (QED) is 0.319. The second-order valence-electron chi connectivity index (χ2n) is 9.91. The van der Waals surface area contributed by atoms with Crippen molar-refractivity contribution in [2.75, 3.05) is 6.54 Å². The lowest BCUT2D eigenvalue weighted by molar-refractivity contribution is -0.144. The highest BCUT2D eigenvalue weighted by Gasteiger charge is 2.48. The average molecular weight is 501 g/mol. The van der Waals surface area contributed by atoms with E-state index in [4.69, 9.17) is 4.84 Å². The number of fused-ring (bicyclic) bond motifs is 1. The van der Waals surface area contributed by atoms with Gasteiger partial charge in [-0.25, -0.2) is 0 Å². The molecule has 0 saturated carbocycles. The first-order valence-electron chi connectivity index (χ1n) is 12.5. The van der Waals surface area contributed by atoms with E-state index in [2.05, 4.69) is 15.8 Å². The maximum absolute atomic E-state index is 13.5. The molecule has 0 saturated heterocycles. The van der Waals surface area contributed by atoms with Gasteiger partial charge in [-0.05, 0) is 34.7 Å². The largest absolute Gasteiger partial charge is 0.475 e. The lowest BCUT2D eigenvalue weighted by Crippen LogP contribution is -2.56. The van der Waals surface area contributed by atoms with Gasteiger partial charge in [-0.2, -0.15) is 0 Å². The minimum absolute atomic E-state index is 0.115. The molecular weight excluding hydrogens is 469 g/mol. The van der Waals surface area contributed by atoms with Crippen molar-refractivity contribution in [3.8, 4) is 0 Å². The zero-order chi connectivity index (χ0) is 26.4. The molecule has 1 heterocycles. The summed E-state index contributed by atoms with van der Waals surface area (Å²) in [5, 5.41) is 31.3. The van der Waals surface area contributed by atoms with Gasteiger partial charge in [0, 0.05) is 18.4 Å². The van der Waals surface area contributed by atoms with Gasteiger partial charge < -0.3 is 25.5 Å². The third kappa shape index (κ3) is 6.36. The fraction of sp³-hybridized carbons (Fsp3) is 0.321. The van der Waals surface area contributed by atoms with E-state index in [1.165, 1.54) is 0 Å². The lowest BCUT2D eigenvalue weighted by atomic mass is 9.74. The summed E-state index contributed by atoms with van der Waals surface area (Å²) < 4.78 is 0. The Morgan fingerprint density at radius 1 is 1.03 bits per heavy atom. The van der Waals surface area contributed by atoms with Crippen molar-refractivity contribution in [1.82, 2.24) is 10.6 Å². The molecule has 0 aromatic heterocycles. The number of hydrogen-bond donors (Lipinski definition) is 4. The van der Waals surface area contributed by atoms with Crippen molar-refractivity contribution in [1.29, 1.82) is 0 Å². The summed E-state index contributed by atoms with van der Waals surface area (Å²) in [4.78, 5) is 32.3. The molecule has 3 aromatic rings. The smallest absolute Gasteiger partial charge is 0.426 e. The zero-order valence-electron chi connectivity index (χ0n) is 21.1. The monoisotopic (exact) mass is 501 g/mol. The Morgan fingerprint density at radius 3 is 2.46 bits per heavy atom. The molecule has 9 heteroatoms. The van der Waals surface area contributed by atoms with Crippen LogP contribution in [0.2, 0.25) is 0 Å². The van der Waals surface area contributed by atoms with Crippen LogP contribution in [0, 0.1) is 5.92 Å². The Balaban J connectivity index is 1.48. The molecule has 3 aromatic carbocycles. The molecule has 4 rings (SSSR count). The average Bonchev–Trinajstić information content (AvgIpc) is 3.30. The Bertz CT molecular complexity index is 1280. The van der Waals surface area contributed by atoms with E-state index in [1.54, 1.807) is 6.07 Å². The van der Waals surface area contributed by atoms with Crippen LogP contribution in [0.4, 0.5) is 0 Å². The number of carbonyl (C=O) groups excluding carboxylic acids is 2. The molecule has 2 unspecified atom stereocenters. The highest BCUT2D eigenvalue weighted by atomic mass is 16.7. The summed E-state index contributed by atoms with van der Waals surface area (Å²) in [6, 6.07) is 22.7. The van der Waals surface area contributed by atoms with Crippen LogP contribution in [0.1, 0.15) is 42.6 Å². The van der Waals surface area contributed by atoms with Gasteiger partial charge in [0.1, 0.15) is 0 Å². The molecule has 192 valence electrons. The first-order chi connectivity index (χ1) is 17.8. The summed E-state index contributed by atoms with van der Waals surface area (Å²) in [6.07, 6.45) is 0.777. The Hall–Kier alpha value is -3.69. The van der Waals surface area contributed by atoms with E-state index < -0.39 is 24.6 Å². The number of oxime groups is 1. The normalized spacial score (nSPS) is 17.7. The van der Waals surface area contributed by atoms with Crippen LogP contribution >= 0.6 is 0 Å². The van der Waals surface area contributed by atoms with Crippen LogP contribution < -0.4 is 10.6 Å². The minimum Gasteiger partial charge on any atom is -0.426 e. The topological polar surface area (TPSA) is 120 Å². The summed E-state index contributed by atoms with van der Waals surface area (Å²) in [5.74, 6) is -1.43. The molecule has 8 nitrogen and oxygen atoms in total. The number of rotatable bonds is 10. The second kappa shape index (κ2) is 11.6. The Kier molecular flexibility index (Phi) is 8.26. The van der Waals surface area contributed by atoms with E-state index >= 15 is 0 Å².